The molecule has 11 heavy (non-hydrogen) atoms. The van der Waals surface area contributed by atoms with Crippen molar-refractivity contribution in [2.45, 2.75) is 0 Å². The molecule has 1 aromatic heterocycles. The lowest BCUT2D eigenvalue weighted by Crippen LogP contribution is -2.11. The molecule has 0 saturated carbocycles. The Kier molecular flexibility index (Phi) is 2.06. The summed E-state index contributed by atoms with van der Waals surface area (Å²) in [6, 6.07) is 0. The van der Waals surface area contributed by atoms with Gasteiger partial charge in [0.1, 0.15) is 5.82 Å². The van der Waals surface area contributed by atoms with Crippen LogP contribution in [0.4, 0.5) is 4.79 Å². The van der Waals surface area contributed by atoms with Crippen molar-refractivity contribution in [2.24, 2.45) is 0 Å². The van der Waals surface area contributed by atoms with Crippen molar-refractivity contribution in [3.63, 3.8) is 0 Å². The lowest BCUT2D eigenvalue weighted by Gasteiger charge is -1.99. The number of methoxy groups -OCH3 is 1. The van der Waals surface area contributed by atoms with Crippen molar-refractivity contribution in [1.29, 1.82) is 0 Å². The molecule has 0 fully saturated rings. The van der Waals surface area contributed by atoms with Crippen LogP contribution in [0, 0.1) is 0 Å². The minimum atomic E-state index is -0.461. The molecule has 4 heteroatoms. The Morgan fingerprint density at radius 3 is 3.18 bits per heavy atom. The molecule has 0 amide bonds. The maximum absolute atomic E-state index is 10.9. The molecule has 1 rings (SSSR count). The van der Waals surface area contributed by atoms with Crippen LogP contribution in [0.2, 0.25) is 0 Å². The van der Waals surface area contributed by atoms with E-state index in [1.807, 2.05) is 0 Å². The van der Waals surface area contributed by atoms with Gasteiger partial charge in [-0.25, -0.2) is 14.3 Å². The van der Waals surface area contributed by atoms with Crippen molar-refractivity contribution >= 4 is 12.2 Å². The predicted octanol–water partition coefficient (Wildman–Crippen LogP) is 1.14. The lowest BCUT2D eigenvalue weighted by molar-refractivity contribution is 0.172. The summed E-state index contributed by atoms with van der Waals surface area (Å²) in [5, 5.41) is 0. The van der Waals surface area contributed by atoms with E-state index in [9.17, 15) is 4.79 Å². The van der Waals surface area contributed by atoms with E-state index in [-0.39, 0.29) is 0 Å². The molecule has 58 valence electrons. The monoisotopic (exact) mass is 152 g/mol. The average molecular weight is 152 g/mol. The van der Waals surface area contributed by atoms with Crippen LogP contribution in [0.25, 0.3) is 6.08 Å². The van der Waals surface area contributed by atoms with Crippen LogP contribution in [0.1, 0.15) is 5.82 Å². The van der Waals surface area contributed by atoms with E-state index >= 15 is 0 Å². The van der Waals surface area contributed by atoms with Crippen molar-refractivity contribution in [1.82, 2.24) is 9.55 Å². The maximum atomic E-state index is 10.9. The number of hydrogen-bond acceptors (Lipinski definition) is 3. The van der Waals surface area contributed by atoms with Gasteiger partial charge in [-0.3, -0.25) is 0 Å². The van der Waals surface area contributed by atoms with Crippen LogP contribution in [0.15, 0.2) is 19.0 Å². The summed E-state index contributed by atoms with van der Waals surface area (Å²) in [7, 11) is 1.31. The van der Waals surface area contributed by atoms with Crippen LogP contribution in [0.3, 0.4) is 0 Å². The molecule has 0 N–H and O–H groups in total. The van der Waals surface area contributed by atoms with Gasteiger partial charge in [0.25, 0.3) is 0 Å². The molecule has 0 atom stereocenters. The van der Waals surface area contributed by atoms with Gasteiger partial charge in [0, 0.05) is 12.4 Å². The highest BCUT2D eigenvalue weighted by Gasteiger charge is 2.06. The minimum Gasteiger partial charge on any atom is -0.452 e. The number of hydrogen-bond donors (Lipinski definition) is 0. The standard InChI is InChI=1S/C7H8N2O2/c1-3-6-8-4-5-9(6)7(10)11-2/h3-5H,1H2,2H3. The number of ether oxygens (including phenoxy) is 1. The molecule has 0 radical (unpaired) electrons. The Labute approximate surface area is 64.1 Å². The first kappa shape index (κ1) is 7.53. The third-order valence-corrected chi connectivity index (χ3v) is 1.22. The van der Waals surface area contributed by atoms with Gasteiger partial charge in [0.2, 0.25) is 0 Å². The van der Waals surface area contributed by atoms with E-state index in [4.69, 9.17) is 0 Å². The van der Waals surface area contributed by atoms with E-state index in [1.165, 1.54) is 30.1 Å². The molecular formula is C7H8N2O2. The van der Waals surface area contributed by atoms with Crippen LogP contribution < -0.4 is 0 Å². The van der Waals surface area contributed by atoms with Gasteiger partial charge in [-0.05, 0) is 6.08 Å². The van der Waals surface area contributed by atoms with Gasteiger partial charge in [0.15, 0.2) is 0 Å². The number of imidazole rings is 1. The first-order valence-corrected chi connectivity index (χ1v) is 3.03. The second kappa shape index (κ2) is 3.01. The Morgan fingerprint density at radius 1 is 1.91 bits per heavy atom. The summed E-state index contributed by atoms with van der Waals surface area (Å²) in [5.74, 6) is 0.483. The Morgan fingerprint density at radius 2 is 2.64 bits per heavy atom. The zero-order valence-corrected chi connectivity index (χ0v) is 6.15. The van der Waals surface area contributed by atoms with E-state index in [1.54, 1.807) is 0 Å². The zero-order chi connectivity index (χ0) is 8.27. The fourth-order valence-electron chi connectivity index (χ4n) is 0.719. The van der Waals surface area contributed by atoms with Crippen LogP contribution in [0.5, 0.6) is 0 Å². The zero-order valence-electron chi connectivity index (χ0n) is 6.15. The van der Waals surface area contributed by atoms with E-state index in [2.05, 4.69) is 16.3 Å². The number of aromatic nitrogens is 2. The van der Waals surface area contributed by atoms with E-state index in [0.717, 1.165) is 0 Å². The smallest absolute Gasteiger partial charge is 0.419 e. The second-order valence-electron chi connectivity index (χ2n) is 1.83. The van der Waals surface area contributed by atoms with Crippen LogP contribution in [-0.2, 0) is 4.74 Å². The number of carbonyl (C=O) groups excluding carboxylic acids is 1. The molecule has 0 unspecified atom stereocenters. The van der Waals surface area contributed by atoms with Gasteiger partial charge >= 0.3 is 6.09 Å². The number of carbonyl (C=O) groups is 1. The summed E-state index contributed by atoms with van der Waals surface area (Å²) < 4.78 is 5.74. The molecule has 4 nitrogen and oxygen atoms in total. The highest BCUT2D eigenvalue weighted by atomic mass is 16.5. The fraction of sp³-hybridized carbons (Fsp3) is 0.143. The van der Waals surface area contributed by atoms with Gasteiger partial charge in [-0.1, -0.05) is 6.58 Å². The lowest BCUT2D eigenvalue weighted by atomic mass is 10.6. The molecule has 0 aliphatic rings. The SMILES string of the molecule is C=Cc1nccn1C(=O)OC. The third kappa shape index (κ3) is 1.29. The fourth-order valence-corrected chi connectivity index (χ4v) is 0.719. The highest BCUT2D eigenvalue weighted by molar-refractivity contribution is 5.72. The summed E-state index contributed by atoms with van der Waals surface area (Å²) in [4.78, 5) is 14.8. The summed E-state index contributed by atoms with van der Waals surface area (Å²) in [6.45, 7) is 3.49. The summed E-state index contributed by atoms with van der Waals surface area (Å²) >= 11 is 0. The topological polar surface area (TPSA) is 44.1 Å². The van der Waals surface area contributed by atoms with Crippen molar-refractivity contribution in [3.8, 4) is 0 Å². The molecule has 0 spiro atoms. The molecule has 0 bridgehead atoms. The average Bonchev–Trinajstić information content (AvgIpc) is 2.50. The molecule has 0 saturated heterocycles. The maximum Gasteiger partial charge on any atom is 0.419 e. The number of nitrogens with zero attached hydrogens (tertiary/aromatic N) is 2. The van der Waals surface area contributed by atoms with Gasteiger partial charge in [0.05, 0.1) is 7.11 Å². The normalized spacial score (nSPS) is 9.18. The highest BCUT2D eigenvalue weighted by Crippen LogP contribution is 1.98. The summed E-state index contributed by atoms with van der Waals surface area (Å²) in [6.07, 6.45) is 4.05. The molecule has 1 heterocycles. The molecular weight excluding hydrogens is 144 g/mol. The van der Waals surface area contributed by atoms with E-state index in [0.29, 0.717) is 5.82 Å². The Bertz CT molecular complexity index is 278. The van der Waals surface area contributed by atoms with Gasteiger partial charge in [-0.15, -0.1) is 0 Å². The van der Waals surface area contributed by atoms with Crippen molar-refractivity contribution in [2.75, 3.05) is 7.11 Å². The Hall–Kier alpha value is -1.58. The minimum absolute atomic E-state index is 0.461. The molecule has 1 aromatic rings. The second-order valence-corrected chi connectivity index (χ2v) is 1.83. The number of rotatable bonds is 1. The third-order valence-electron chi connectivity index (χ3n) is 1.22. The van der Waals surface area contributed by atoms with Crippen LogP contribution in [-0.4, -0.2) is 22.8 Å². The molecule has 0 aliphatic carbocycles. The van der Waals surface area contributed by atoms with Gasteiger partial charge in [-0.2, -0.15) is 0 Å². The molecule has 0 aromatic carbocycles. The van der Waals surface area contributed by atoms with Crippen LogP contribution >= 0.6 is 0 Å². The largest absolute Gasteiger partial charge is 0.452 e. The summed E-state index contributed by atoms with van der Waals surface area (Å²) in [5.41, 5.74) is 0. The van der Waals surface area contributed by atoms with Crippen molar-refractivity contribution in [3.05, 3.63) is 24.8 Å². The quantitative estimate of drug-likeness (QED) is 0.606. The van der Waals surface area contributed by atoms with Gasteiger partial charge < -0.3 is 4.74 Å². The predicted molar refractivity (Wildman–Crippen MR) is 40.1 cm³/mol. The molecule has 0 aliphatic heterocycles. The van der Waals surface area contributed by atoms with Crippen molar-refractivity contribution < 1.29 is 9.53 Å². The first-order chi connectivity index (χ1) is 5.29. The first-order valence-electron chi connectivity index (χ1n) is 3.03. The van der Waals surface area contributed by atoms with E-state index < -0.39 is 6.09 Å². The Balaban J connectivity index is 3.01.